The summed E-state index contributed by atoms with van der Waals surface area (Å²) in [6.07, 6.45) is 0. The Hall–Kier alpha value is -2.21. The first-order valence-electron chi connectivity index (χ1n) is 7.42. The maximum absolute atomic E-state index is 12.7. The number of hydrogen-bond donors (Lipinski definition) is 2. The fourth-order valence-corrected chi connectivity index (χ4v) is 3.38. The Kier molecular flexibility index (Phi) is 5.15. The molecule has 0 atom stereocenters. The van der Waals surface area contributed by atoms with Crippen molar-refractivity contribution < 1.29 is 18.3 Å². The van der Waals surface area contributed by atoms with E-state index in [1.807, 2.05) is 19.9 Å². The number of aromatic hydroxyl groups is 1. The molecule has 6 heteroatoms. The molecule has 0 aliphatic carbocycles. The van der Waals surface area contributed by atoms with E-state index in [0.29, 0.717) is 12.4 Å². The zero-order valence-electron chi connectivity index (χ0n) is 13.4. The molecule has 23 heavy (non-hydrogen) atoms. The Morgan fingerprint density at radius 2 is 1.87 bits per heavy atom. The van der Waals surface area contributed by atoms with Gasteiger partial charge in [0.15, 0.2) is 0 Å². The Balaban J connectivity index is 2.49. The van der Waals surface area contributed by atoms with Crippen LogP contribution in [0, 0.1) is 0 Å². The average Bonchev–Trinajstić information content (AvgIpc) is 2.50. The van der Waals surface area contributed by atoms with Crippen molar-refractivity contribution in [2.45, 2.75) is 31.6 Å². The van der Waals surface area contributed by atoms with E-state index in [1.54, 1.807) is 31.2 Å². The molecule has 0 spiro atoms. The summed E-state index contributed by atoms with van der Waals surface area (Å²) >= 11 is 0. The smallest absolute Gasteiger partial charge is 0.265 e. The van der Waals surface area contributed by atoms with Crippen LogP contribution in [-0.4, -0.2) is 20.1 Å². The number of nitrogens with one attached hydrogen (secondary N) is 1. The van der Waals surface area contributed by atoms with Gasteiger partial charge in [-0.05, 0) is 42.7 Å². The summed E-state index contributed by atoms with van der Waals surface area (Å²) in [5.41, 5.74) is 1.02. The highest BCUT2D eigenvalue weighted by molar-refractivity contribution is 7.92. The number of hydrogen-bond acceptors (Lipinski definition) is 4. The van der Waals surface area contributed by atoms with Crippen LogP contribution in [0.2, 0.25) is 0 Å². The molecule has 0 saturated carbocycles. The number of para-hydroxylation sites is 2. The van der Waals surface area contributed by atoms with Gasteiger partial charge in [0.25, 0.3) is 10.0 Å². The minimum atomic E-state index is -3.88. The predicted molar refractivity (Wildman–Crippen MR) is 90.6 cm³/mol. The molecule has 0 amide bonds. The molecule has 2 aromatic rings. The second-order valence-corrected chi connectivity index (χ2v) is 7.07. The SMILES string of the molecule is CCOc1ccc(C(C)C)cc1S(=O)(=O)Nc1ccccc1O. The van der Waals surface area contributed by atoms with Gasteiger partial charge in [-0.2, -0.15) is 0 Å². The van der Waals surface area contributed by atoms with E-state index in [0.717, 1.165) is 5.56 Å². The summed E-state index contributed by atoms with van der Waals surface area (Å²) in [7, 11) is -3.88. The van der Waals surface area contributed by atoms with E-state index < -0.39 is 10.0 Å². The second-order valence-electron chi connectivity index (χ2n) is 5.42. The lowest BCUT2D eigenvalue weighted by Gasteiger charge is -2.15. The monoisotopic (exact) mass is 335 g/mol. The maximum atomic E-state index is 12.7. The van der Waals surface area contributed by atoms with Gasteiger partial charge in [0.05, 0.1) is 12.3 Å². The fraction of sp³-hybridized carbons (Fsp3) is 0.294. The predicted octanol–water partition coefficient (Wildman–Crippen LogP) is 3.72. The van der Waals surface area contributed by atoms with Gasteiger partial charge in [0.1, 0.15) is 16.4 Å². The molecule has 0 bridgehead atoms. The third-order valence-electron chi connectivity index (χ3n) is 3.37. The topological polar surface area (TPSA) is 75.6 Å². The van der Waals surface area contributed by atoms with E-state index in [4.69, 9.17) is 4.74 Å². The highest BCUT2D eigenvalue weighted by Crippen LogP contribution is 2.31. The third kappa shape index (κ3) is 3.96. The molecule has 0 aliphatic rings. The quantitative estimate of drug-likeness (QED) is 0.789. The Labute approximate surface area is 137 Å². The van der Waals surface area contributed by atoms with Crippen LogP contribution in [0.1, 0.15) is 32.3 Å². The van der Waals surface area contributed by atoms with Crippen LogP contribution in [0.4, 0.5) is 5.69 Å². The zero-order valence-corrected chi connectivity index (χ0v) is 14.2. The van der Waals surface area contributed by atoms with E-state index in [2.05, 4.69) is 4.72 Å². The Bertz CT molecular complexity index is 785. The standard InChI is InChI=1S/C17H21NO4S/c1-4-22-16-10-9-13(12(2)3)11-17(16)23(20,21)18-14-7-5-6-8-15(14)19/h5-12,18-19H,4H2,1-3H3. The van der Waals surface area contributed by atoms with Crippen molar-refractivity contribution in [1.82, 2.24) is 0 Å². The molecule has 124 valence electrons. The molecule has 0 unspecified atom stereocenters. The van der Waals surface area contributed by atoms with Crippen molar-refractivity contribution in [2.24, 2.45) is 0 Å². The summed E-state index contributed by atoms with van der Waals surface area (Å²) < 4.78 is 33.3. The fourth-order valence-electron chi connectivity index (χ4n) is 2.13. The summed E-state index contributed by atoms with van der Waals surface area (Å²) in [5, 5.41) is 9.78. The maximum Gasteiger partial charge on any atom is 0.265 e. The number of sulfonamides is 1. The Morgan fingerprint density at radius 1 is 1.17 bits per heavy atom. The molecular weight excluding hydrogens is 314 g/mol. The van der Waals surface area contributed by atoms with Crippen LogP contribution < -0.4 is 9.46 Å². The zero-order chi connectivity index (χ0) is 17.0. The number of phenols is 1. The summed E-state index contributed by atoms with van der Waals surface area (Å²) in [6, 6.07) is 11.3. The molecule has 0 aliphatic heterocycles. The van der Waals surface area contributed by atoms with E-state index >= 15 is 0 Å². The number of ether oxygens (including phenoxy) is 1. The van der Waals surface area contributed by atoms with E-state index in [9.17, 15) is 13.5 Å². The molecule has 0 heterocycles. The summed E-state index contributed by atoms with van der Waals surface area (Å²) in [5.74, 6) is 0.346. The molecule has 0 radical (unpaired) electrons. The van der Waals surface area contributed by atoms with Crippen molar-refractivity contribution in [2.75, 3.05) is 11.3 Å². The van der Waals surface area contributed by atoms with Gasteiger partial charge < -0.3 is 9.84 Å². The van der Waals surface area contributed by atoms with Gasteiger partial charge in [-0.25, -0.2) is 8.42 Å². The van der Waals surface area contributed by atoms with Gasteiger partial charge >= 0.3 is 0 Å². The van der Waals surface area contributed by atoms with Crippen molar-refractivity contribution in [3.05, 3.63) is 48.0 Å². The first-order valence-corrected chi connectivity index (χ1v) is 8.91. The molecule has 0 aromatic heterocycles. The highest BCUT2D eigenvalue weighted by atomic mass is 32.2. The van der Waals surface area contributed by atoms with Crippen LogP contribution in [0.25, 0.3) is 0 Å². The lowest BCUT2D eigenvalue weighted by molar-refractivity contribution is 0.331. The summed E-state index contributed by atoms with van der Waals surface area (Å²) in [4.78, 5) is 0.0637. The lowest BCUT2D eigenvalue weighted by Crippen LogP contribution is -2.15. The first kappa shape index (κ1) is 17.1. The van der Waals surface area contributed by atoms with Crippen LogP contribution in [-0.2, 0) is 10.0 Å². The van der Waals surface area contributed by atoms with Crippen molar-refractivity contribution >= 4 is 15.7 Å². The number of anilines is 1. The first-order chi connectivity index (χ1) is 10.8. The molecule has 2 N–H and O–H groups in total. The van der Waals surface area contributed by atoms with E-state index in [1.165, 1.54) is 12.1 Å². The van der Waals surface area contributed by atoms with Crippen LogP contribution in [0.3, 0.4) is 0 Å². The minimum absolute atomic E-state index is 0.0637. The van der Waals surface area contributed by atoms with Crippen molar-refractivity contribution in [1.29, 1.82) is 0 Å². The average molecular weight is 335 g/mol. The number of benzene rings is 2. The number of phenolic OH excluding ortho intramolecular Hbond substituents is 1. The minimum Gasteiger partial charge on any atom is -0.506 e. The van der Waals surface area contributed by atoms with Gasteiger partial charge in [0.2, 0.25) is 0 Å². The van der Waals surface area contributed by atoms with Crippen LogP contribution in [0.15, 0.2) is 47.4 Å². The lowest BCUT2D eigenvalue weighted by atomic mass is 10.0. The van der Waals surface area contributed by atoms with Crippen LogP contribution in [0.5, 0.6) is 11.5 Å². The highest BCUT2D eigenvalue weighted by Gasteiger charge is 2.22. The van der Waals surface area contributed by atoms with Crippen LogP contribution >= 0.6 is 0 Å². The number of rotatable bonds is 6. The molecule has 0 fully saturated rings. The largest absolute Gasteiger partial charge is 0.506 e. The molecular formula is C17H21NO4S. The third-order valence-corrected chi connectivity index (χ3v) is 4.76. The van der Waals surface area contributed by atoms with Gasteiger partial charge in [-0.3, -0.25) is 4.72 Å². The molecule has 5 nitrogen and oxygen atoms in total. The second kappa shape index (κ2) is 6.91. The van der Waals surface area contributed by atoms with E-state index in [-0.39, 0.29) is 22.3 Å². The van der Waals surface area contributed by atoms with Gasteiger partial charge in [-0.1, -0.05) is 32.0 Å². The Morgan fingerprint density at radius 3 is 2.48 bits per heavy atom. The normalized spacial score (nSPS) is 11.5. The van der Waals surface area contributed by atoms with Crippen molar-refractivity contribution in [3.8, 4) is 11.5 Å². The van der Waals surface area contributed by atoms with Crippen molar-refractivity contribution in [3.63, 3.8) is 0 Å². The van der Waals surface area contributed by atoms with Gasteiger partial charge in [-0.15, -0.1) is 0 Å². The molecule has 0 saturated heterocycles. The molecule has 2 rings (SSSR count). The molecule has 2 aromatic carbocycles. The van der Waals surface area contributed by atoms with Gasteiger partial charge in [0, 0.05) is 0 Å². The summed E-state index contributed by atoms with van der Waals surface area (Å²) in [6.45, 7) is 6.13.